The van der Waals surface area contributed by atoms with Gasteiger partial charge in [0, 0.05) is 6.20 Å². The number of rotatable bonds is 5. The second kappa shape index (κ2) is 5.50. The molecule has 0 aromatic carbocycles. The molecule has 1 unspecified atom stereocenters. The first-order valence-electron chi connectivity index (χ1n) is 4.81. The Kier molecular flexibility index (Phi) is 4.26. The Labute approximate surface area is 84.5 Å². The Morgan fingerprint density at radius 1 is 1.50 bits per heavy atom. The van der Waals surface area contributed by atoms with E-state index in [0.717, 1.165) is 18.5 Å². The molecule has 14 heavy (non-hydrogen) atoms. The SMILES string of the molecule is C=CCCCC(O)c1cnc(C)cn1. The molecule has 1 aromatic heterocycles. The lowest BCUT2D eigenvalue weighted by Crippen LogP contribution is -2.01. The first kappa shape index (κ1) is 10.9. The van der Waals surface area contributed by atoms with Crippen LogP contribution in [0.1, 0.15) is 36.8 Å². The third-order valence-electron chi connectivity index (χ3n) is 2.03. The Morgan fingerprint density at radius 3 is 2.86 bits per heavy atom. The summed E-state index contributed by atoms with van der Waals surface area (Å²) in [6.07, 6.45) is 7.23. The van der Waals surface area contributed by atoms with Gasteiger partial charge in [0.25, 0.3) is 0 Å². The zero-order valence-electron chi connectivity index (χ0n) is 8.48. The summed E-state index contributed by atoms with van der Waals surface area (Å²) in [6, 6.07) is 0. The minimum atomic E-state index is -0.497. The van der Waals surface area contributed by atoms with E-state index in [-0.39, 0.29) is 0 Å². The van der Waals surface area contributed by atoms with Crippen molar-refractivity contribution in [1.82, 2.24) is 9.97 Å². The smallest absolute Gasteiger partial charge is 0.0975 e. The fraction of sp³-hybridized carbons (Fsp3) is 0.455. The van der Waals surface area contributed by atoms with Crippen molar-refractivity contribution in [2.24, 2.45) is 0 Å². The van der Waals surface area contributed by atoms with Gasteiger partial charge in [0.05, 0.1) is 23.7 Å². The molecule has 0 amide bonds. The Morgan fingerprint density at radius 2 is 2.29 bits per heavy atom. The number of hydrogen-bond donors (Lipinski definition) is 1. The predicted molar refractivity (Wildman–Crippen MR) is 55.8 cm³/mol. The fourth-order valence-electron chi connectivity index (χ4n) is 1.18. The van der Waals surface area contributed by atoms with Gasteiger partial charge in [-0.15, -0.1) is 6.58 Å². The number of nitrogens with zero attached hydrogens (tertiary/aromatic N) is 2. The topological polar surface area (TPSA) is 46.0 Å². The van der Waals surface area contributed by atoms with E-state index in [1.165, 1.54) is 0 Å². The molecule has 76 valence electrons. The summed E-state index contributed by atoms with van der Waals surface area (Å²) < 4.78 is 0. The van der Waals surface area contributed by atoms with Crippen LogP contribution in [0.15, 0.2) is 25.0 Å². The molecule has 0 bridgehead atoms. The van der Waals surface area contributed by atoms with Crippen molar-refractivity contribution in [3.63, 3.8) is 0 Å². The average Bonchev–Trinajstić information content (AvgIpc) is 2.19. The summed E-state index contributed by atoms with van der Waals surface area (Å²) in [7, 11) is 0. The van der Waals surface area contributed by atoms with Crippen molar-refractivity contribution in [3.8, 4) is 0 Å². The van der Waals surface area contributed by atoms with E-state index in [0.29, 0.717) is 12.1 Å². The van der Waals surface area contributed by atoms with Gasteiger partial charge in [-0.05, 0) is 26.2 Å². The van der Waals surface area contributed by atoms with E-state index < -0.39 is 6.10 Å². The monoisotopic (exact) mass is 192 g/mol. The third-order valence-corrected chi connectivity index (χ3v) is 2.03. The maximum Gasteiger partial charge on any atom is 0.0975 e. The van der Waals surface area contributed by atoms with Crippen LogP contribution in [-0.4, -0.2) is 15.1 Å². The second-order valence-electron chi connectivity index (χ2n) is 3.32. The molecule has 1 heterocycles. The van der Waals surface area contributed by atoms with Gasteiger partial charge in [-0.2, -0.15) is 0 Å². The molecule has 0 saturated heterocycles. The van der Waals surface area contributed by atoms with Crippen LogP contribution in [-0.2, 0) is 0 Å². The fourth-order valence-corrected chi connectivity index (χ4v) is 1.18. The van der Waals surface area contributed by atoms with Crippen LogP contribution in [0.3, 0.4) is 0 Å². The highest BCUT2D eigenvalue weighted by Crippen LogP contribution is 2.16. The molecule has 0 fully saturated rings. The van der Waals surface area contributed by atoms with Gasteiger partial charge >= 0.3 is 0 Å². The molecule has 0 saturated carbocycles. The van der Waals surface area contributed by atoms with E-state index in [1.807, 2.05) is 13.0 Å². The van der Waals surface area contributed by atoms with Crippen LogP contribution in [0.25, 0.3) is 0 Å². The number of aliphatic hydroxyl groups is 1. The van der Waals surface area contributed by atoms with Gasteiger partial charge in [0.2, 0.25) is 0 Å². The average molecular weight is 192 g/mol. The first-order valence-corrected chi connectivity index (χ1v) is 4.81. The van der Waals surface area contributed by atoms with Crippen molar-refractivity contribution in [2.45, 2.75) is 32.3 Å². The van der Waals surface area contributed by atoms with Crippen LogP contribution < -0.4 is 0 Å². The third kappa shape index (κ3) is 3.26. The highest BCUT2D eigenvalue weighted by molar-refractivity contribution is 5.03. The number of aromatic nitrogens is 2. The van der Waals surface area contributed by atoms with Crippen LogP contribution in [0.5, 0.6) is 0 Å². The number of aliphatic hydroxyl groups excluding tert-OH is 1. The summed E-state index contributed by atoms with van der Waals surface area (Å²) >= 11 is 0. The minimum Gasteiger partial charge on any atom is -0.387 e. The van der Waals surface area contributed by atoms with Gasteiger partial charge in [-0.1, -0.05) is 6.08 Å². The zero-order chi connectivity index (χ0) is 10.4. The van der Waals surface area contributed by atoms with E-state index in [4.69, 9.17) is 0 Å². The van der Waals surface area contributed by atoms with Crippen LogP contribution >= 0.6 is 0 Å². The summed E-state index contributed by atoms with van der Waals surface area (Å²) in [5.41, 5.74) is 1.52. The Hall–Kier alpha value is -1.22. The van der Waals surface area contributed by atoms with E-state index in [2.05, 4.69) is 16.5 Å². The standard InChI is InChI=1S/C11H16N2O/c1-3-4-5-6-11(14)10-8-12-9(2)7-13-10/h3,7-8,11,14H,1,4-6H2,2H3. The molecule has 1 atom stereocenters. The van der Waals surface area contributed by atoms with Crippen molar-refractivity contribution < 1.29 is 5.11 Å². The van der Waals surface area contributed by atoms with Gasteiger partial charge < -0.3 is 5.11 Å². The molecule has 0 aliphatic heterocycles. The van der Waals surface area contributed by atoms with Gasteiger partial charge in [-0.3, -0.25) is 9.97 Å². The van der Waals surface area contributed by atoms with E-state index >= 15 is 0 Å². The van der Waals surface area contributed by atoms with Crippen molar-refractivity contribution >= 4 is 0 Å². The van der Waals surface area contributed by atoms with Crippen LogP contribution in [0.2, 0.25) is 0 Å². The maximum atomic E-state index is 9.70. The van der Waals surface area contributed by atoms with Crippen LogP contribution in [0.4, 0.5) is 0 Å². The molecule has 0 radical (unpaired) electrons. The zero-order valence-corrected chi connectivity index (χ0v) is 8.48. The van der Waals surface area contributed by atoms with Crippen molar-refractivity contribution in [3.05, 3.63) is 36.4 Å². The number of unbranched alkanes of at least 4 members (excludes halogenated alkanes) is 1. The van der Waals surface area contributed by atoms with E-state index in [9.17, 15) is 5.11 Å². The normalized spacial score (nSPS) is 12.4. The molecule has 3 nitrogen and oxygen atoms in total. The quantitative estimate of drug-likeness (QED) is 0.574. The molecule has 0 aliphatic rings. The number of allylic oxidation sites excluding steroid dienone is 1. The lowest BCUT2D eigenvalue weighted by atomic mass is 10.1. The first-order chi connectivity index (χ1) is 6.74. The molecule has 1 aromatic rings. The van der Waals surface area contributed by atoms with Crippen molar-refractivity contribution in [2.75, 3.05) is 0 Å². The lowest BCUT2D eigenvalue weighted by molar-refractivity contribution is 0.160. The molecular weight excluding hydrogens is 176 g/mol. The maximum absolute atomic E-state index is 9.70. The van der Waals surface area contributed by atoms with Gasteiger partial charge in [-0.25, -0.2) is 0 Å². The van der Waals surface area contributed by atoms with E-state index in [1.54, 1.807) is 12.4 Å². The molecule has 0 spiro atoms. The highest BCUT2D eigenvalue weighted by atomic mass is 16.3. The molecular formula is C11H16N2O. The molecule has 3 heteroatoms. The van der Waals surface area contributed by atoms with Gasteiger partial charge in [0.15, 0.2) is 0 Å². The molecule has 1 N–H and O–H groups in total. The Balaban J connectivity index is 2.47. The number of aryl methyl sites for hydroxylation is 1. The number of hydrogen-bond acceptors (Lipinski definition) is 3. The van der Waals surface area contributed by atoms with Gasteiger partial charge in [0.1, 0.15) is 0 Å². The highest BCUT2D eigenvalue weighted by Gasteiger charge is 2.07. The summed E-state index contributed by atoms with van der Waals surface area (Å²) in [5, 5.41) is 9.70. The summed E-state index contributed by atoms with van der Waals surface area (Å²) in [6.45, 7) is 5.51. The van der Waals surface area contributed by atoms with Crippen LogP contribution in [0, 0.1) is 6.92 Å². The largest absolute Gasteiger partial charge is 0.387 e. The molecule has 1 rings (SSSR count). The second-order valence-corrected chi connectivity index (χ2v) is 3.32. The van der Waals surface area contributed by atoms with Crippen molar-refractivity contribution in [1.29, 1.82) is 0 Å². The summed E-state index contributed by atoms with van der Waals surface area (Å²) in [5.74, 6) is 0. The molecule has 0 aliphatic carbocycles. The lowest BCUT2D eigenvalue weighted by Gasteiger charge is -2.08. The predicted octanol–water partition coefficient (Wildman–Crippen LogP) is 2.17. The summed E-state index contributed by atoms with van der Waals surface area (Å²) in [4.78, 5) is 8.20. The Bertz CT molecular complexity index is 282. The minimum absolute atomic E-state index is 0.497.